The van der Waals surface area contributed by atoms with E-state index in [0.29, 0.717) is 5.82 Å². The molecule has 0 radical (unpaired) electrons. The van der Waals surface area contributed by atoms with Gasteiger partial charge in [-0.2, -0.15) is 5.10 Å². The summed E-state index contributed by atoms with van der Waals surface area (Å²) in [6.07, 6.45) is 4.69. The number of nitrogen functional groups attached to an aromatic ring is 1. The molecule has 0 aliphatic carbocycles. The molecule has 2 aromatic rings. The lowest BCUT2D eigenvalue weighted by molar-refractivity contribution is 0.245. The molecule has 2 aromatic heterocycles. The SMILES string of the molecule is Nc1n[nH]c2c1CN(Cc1cccnc1)CC2. The van der Waals surface area contributed by atoms with E-state index in [-0.39, 0.29) is 0 Å². The van der Waals surface area contributed by atoms with Gasteiger partial charge in [-0.15, -0.1) is 0 Å². The first-order valence-corrected chi connectivity index (χ1v) is 5.76. The van der Waals surface area contributed by atoms with Crippen LogP contribution in [0.1, 0.15) is 16.8 Å². The van der Waals surface area contributed by atoms with Gasteiger partial charge in [0.05, 0.1) is 0 Å². The minimum absolute atomic E-state index is 0.635. The van der Waals surface area contributed by atoms with Crippen molar-refractivity contribution in [2.45, 2.75) is 19.5 Å². The van der Waals surface area contributed by atoms with Gasteiger partial charge in [0.2, 0.25) is 0 Å². The fourth-order valence-electron chi connectivity index (χ4n) is 2.26. The fraction of sp³-hybridized carbons (Fsp3) is 0.333. The number of hydrogen-bond acceptors (Lipinski definition) is 4. The van der Waals surface area contributed by atoms with E-state index in [9.17, 15) is 0 Å². The van der Waals surface area contributed by atoms with Crippen LogP contribution in [0, 0.1) is 0 Å². The number of anilines is 1. The van der Waals surface area contributed by atoms with Gasteiger partial charge in [0.1, 0.15) is 5.82 Å². The van der Waals surface area contributed by atoms with Crippen molar-refractivity contribution in [1.29, 1.82) is 0 Å². The van der Waals surface area contributed by atoms with Gasteiger partial charge >= 0.3 is 0 Å². The van der Waals surface area contributed by atoms with Crippen LogP contribution in [0.5, 0.6) is 0 Å². The number of nitrogens with two attached hydrogens (primary N) is 1. The van der Waals surface area contributed by atoms with Crippen molar-refractivity contribution in [2.24, 2.45) is 0 Å². The zero-order chi connectivity index (χ0) is 11.7. The van der Waals surface area contributed by atoms with E-state index in [0.717, 1.165) is 31.6 Å². The van der Waals surface area contributed by atoms with Gasteiger partial charge in [-0.05, 0) is 11.6 Å². The predicted octanol–water partition coefficient (Wildman–Crippen LogP) is 0.945. The number of hydrogen-bond donors (Lipinski definition) is 2. The van der Waals surface area contributed by atoms with Crippen LogP contribution >= 0.6 is 0 Å². The molecule has 0 atom stereocenters. The molecule has 17 heavy (non-hydrogen) atoms. The van der Waals surface area contributed by atoms with E-state index in [1.807, 2.05) is 12.3 Å². The maximum Gasteiger partial charge on any atom is 0.149 e. The van der Waals surface area contributed by atoms with Gasteiger partial charge in [0.15, 0.2) is 0 Å². The Hall–Kier alpha value is -1.88. The summed E-state index contributed by atoms with van der Waals surface area (Å²) in [7, 11) is 0. The second-order valence-electron chi connectivity index (χ2n) is 4.39. The smallest absolute Gasteiger partial charge is 0.149 e. The third kappa shape index (κ3) is 2.01. The number of nitrogens with one attached hydrogen (secondary N) is 1. The van der Waals surface area contributed by atoms with Crippen LogP contribution < -0.4 is 5.73 Å². The topological polar surface area (TPSA) is 70.8 Å². The highest BCUT2D eigenvalue weighted by Crippen LogP contribution is 2.22. The summed E-state index contributed by atoms with van der Waals surface area (Å²) in [5, 5.41) is 7.05. The molecule has 3 heterocycles. The van der Waals surface area contributed by atoms with Crippen molar-refractivity contribution in [3.8, 4) is 0 Å². The Morgan fingerprint density at radius 1 is 1.47 bits per heavy atom. The number of fused-ring (bicyclic) bond motifs is 1. The van der Waals surface area contributed by atoms with Crippen LogP contribution in [-0.4, -0.2) is 26.6 Å². The zero-order valence-corrected chi connectivity index (χ0v) is 9.56. The van der Waals surface area contributed by atoms with Crippen LogP contribution in [0.25, 0.3) is 0 Å². The number of H-pyrrole nitrogens is 1. The number of aromatic nitrogens is 3. The summed E-state index contributed by atoms with van der Waals surface area (Å²) in [5.41, 5.74) is 9.41. The number of pyridine rings is 1. The molecule has 1 aliphatic rings. The Morgan fingerprint density at radius 3 is 3.24 bits per heavy atom. The third-order valence-electron chi connectivity index (χ3n) is 3.17. The average Bonchev–Trinajstić information content (AvgIpc) is 2.73. The van der Waals surface area contributed by atoms with E-state index in [1.54, 1.807) is 6.20 Å². The molecule has 0 saturated carbocycles. The molecule has 5 heteroatoms. The first kappa shape index (κ1) is 10.3. The Kier molecular flexibility index (Phi) is 2.53. The number of aromatic amines is 1. The first-order chi connectivity index (χ1) is 8.33. The van der Waals surface area contributed by atoms with Gasteiger partial charge in [-0.1, -0.05) is 6.07 Å². The minimum atomic E-state index is 0.635. The largest absolute Gasteiger partial charge is 0.382 e. The second kappa shape index (κ2) is 4.18. The van der Waals surface area contributed by atoms with Crippen LogP contribution in [0.2, 0.25) is 0 Å². The Labute approximate surface area is 99.7 Å². The molecule has 0 amide bonds. The van der Waals surface area contributed by atoms with Crippen LogP contribution in [0.3, 0.4) is 0 Å². The van der Waals surface area contributed by atoms with Crippen molar-refractivity contribution < 1.29 is 0 Å². The Morgan fingerprint density at radius 2 is 2.41 bits per heavy atom. The van der Waals surface area contributed by atoms with Crippen molar-refractivity contribution >= 4 is 5.82 Å². The molecular weight excluding hydrogens is 214 g/mol. The average molecular weight is 229 g/mol. The van der Waals surface area contributed by atoms with Crippen LogP contribution in [0.15, 0.2) is 24.5 Å². The van der Waals surface area contributed by atoms with Gasteiger partial charge in [0, 0.05) is 49.7 Å². The molecule has 0 bridgehead atoms. The normalized spacial score (nSPS) is 15.8. The highest BCUT2D eigenvalue weighted by Gasteiger charge is 2.20. The summed E-state index contributed by atoms with van der Waals surface area (Å²) in [6, 6.07) is 4.07. The van der Waals surface area contributed by atoms with Gasteiger partial charge in [0.25, 0.3) is 0 Å². The molecule has 3 N–H and O–H groups in total. The molecule has 0 fully saturated rings. The highest BCUT2D eigenvalue weighted by molar-refractivity contribution is 5.43. The predicted molar refractivity (Wildman–Crippen MR) is 65.1 cm³/mol. The van der Waals surface area contributed by atoms with Crippen molar-refractivity contribution in [3.63, 3.8) is 0 Å². The number of rotatable bonds is 2. The Balaban J connectivity index is 1.74. The zero-order valence-electron chi connectivity index (χ0n) is 9.56. The van der Waals surface area contributed by atoms with Gasteiger partial charge < -0.3 is 5.73 Å². The van der Waals surface area contributed by atoms with E-state index in [4.69, 9.17) is 5.73 Å². The molecular formula is C12H15N5. The second-order valence-corrected chi connectivity index (χ2v) is 4.39. The maximum absolute atomic E-state index is 5.84. The highest BCUT2D eigenvalue weighted by atomic mass is 15.2. The Bertz CT molecular complexity index is 505. The minimum Gasteiger partial charge on any atom is -0.382 e. The summed E-state index contributed by atoms with van der Waals surface area (Å²) in [4.78, 5) is 6.50. The lowest BCUT2D eigenvalue weighted by atomic mass is 10.1. The van der Waals surface area contributed by atoms with Gasteiger partial charge in [-0.3, -0.25) is 15.0 Å². The maximum atomic E-state index is 5.84. The number of nitrogens with zero attached hydrogens (tertiary/aromatic N) is 3. The summed E-state index contributed by atoms with van der Waals surface area (Å²) >= 11 is 0. The van der Waals surface area contributed by atoms with Crippen molar-refractivity contribution in [3.05, 3.63) is 41.3 Å². The van der Waals surface area contributed by atoms with Gasteiger partial charge in [-0.25, -0.2) is 0 Å². The molecule has 0 spiro atoms. The lowest BCUT2D eigenvalue weighted by Gasteiger charge is -2.26. The quantitative estimate of drug-likeness (QED) is 0.804. The van der Waals surface area contributed by atoms with Crippen LogP contribution in [0.4, 0.5) is 5.82 Å². The van der Waals surface area contributed by atoms with E-state index in [2.05, 4.69) is 26.1 Å². The van der Waals surface area contributed by atoms with E-state index < -0.39 is 0 Å². The molecule has 0 aromatic carbocycles. The van der Waals surface area contributed by atoms with E-state index in [1.165, 1.54) is 11.3 Å². The lowest BCUT2D eigenvalue weighted by Crippen LogP contribution is -2.30. The summed E-state index contributed by atoms with van der Waals surface area (Å²) in [5.74, 6) is 0.635. The summed E-state index contributed by atoms with van der Waals surface area (Å²) < 4.78 is 0. The summed E-state index contributed by atoms with van der Waals surface area (Å²) in [6.45, 7) is 2.81. The fourth-order valence-corrected chi connectivity index (χ4v) is 2.26. The molecule has 3 rings (SSSR count). The first-order valence-electron chi connectivity index (χ1n) is 5.76. The molecule has 0 unspecified atom stereocenters. The molecule has 5 nitrogen and oxygen atoms in total. The standard InChI is InChI=1S/C12H15N5/c13-12-10-8-17(5-3-11(10)15-16-12)7-9-2-1-4-14-6-9/h1-2,4,6H,3,5,7-8H2,(H3,13,15,16). The third-order valence-corrected chi connectivity index (χ3v) is 3.17. The van der Waals surface area contributed by atoms with Crippen molar-refractivity contribution in [1.82, 2.24) is 20.1 Å². The van der Waals surface area contributed by atoms with Crippen LogP contribution in [-0.2, 0) is 19.5 Å². The van der Waals surface area contributed by atoms with Crippen molar-refractivity contribution in [2.75, 3.05) is 12.3 Å². The van der Waals surface area contributed by atoms with E-state index >= 15 is 0 Å². The monoisotopic (exact) mass is 229 g/mol. The molecule has 0 saturated heterocycles. The molecule has 1 aliphatic heterocycles. The molecule has 88 valence electrons.